The predicted octanol–water partition coefficient (Wildman–Crippen LogP) is 5.35. The van der Waals surface area contributed by atoms with Crippen LogP contribution in [0.1, 0.15) is 10.4 Å². The van der Waals surface area contributed by atoms with Gasteiger partial charge in [0.1, 0.15) is 11.3 Å². The van der Waals surface area contributed by atoms with E-state index in [0.717, 1.165) is 7.11 Å². The lowest BCUT2D eigenvalue weighted by atomic mass is 10.1. The highest BCUT2D eigenvalue weighted by atomic mass is 79.9. The van der Waals surface area contributed by atoms with Gasteiger partial charge in [0, 0.05) is 17.2 Å². The number of nitro benzene ring substituents is 1. The number of esters is 1. The fourth-order valence-electron chi connectivity index (χ4n) is 1.76. The lowest BCUT2D eigenvalue weighted by Crippen LogP contribution is -2.06. The summed E-state index contributed by atoms with van der Waals surface area (Å²) in [7, 11) is 1.14. The number of hydrogen-bond acceptors (Lipinski definition) is 5. The monoisotopic (exact) mass is 463 g/mol. The molecule has 0 aromatic heterocycles. The third-order valence-corrected chi connectivity index (χ3v) is 4.15. The smallest absolute Gasteiger partial charge is 0.345 e. The van der Waals surface area contributed by atoms with E-state index in [1.807, 2.05) is 0 Å². The van der Waals surface area contributed by atoms with Crippen molar-refractivity contribution in [1.29, 1.82) is 0 Å². The zero-order chi connectivity index (χ0) is 17.1. The SMILES string of the molecule is COC(=O)c1cc(Oc2c(Br)cc(Cl)cc2Br)ccc1[N+](=O)[O-]. The molecule has 0 unspecified atom stereocenters. The molecule has 2 rings (SSSR count). The van der Waals surface area contributed by atoms with Crippen LogP contribution in [0.15, 0.2) is 39.3 Å². The Morgan fingerprint density at radius 3 is 2.35 bits per heavy atom. The van der Waals surface area contributed by atoms with Gasteiger partial charge in [-0.05, 0) is 50.1 Å². The molecule has 23 heavy (non-hydrogen) atoms. The molecule has 2 aromatic carbocycles. The first-order valence-electron chi connectivity index (χ1n) is 6.02. The van der Waals surface area contributed by atoms with Gasteiger partial charge in [0.05, 0.1) is 21.0 Å². The van der Waals surface area contributed by atoms with Gasteiger partial charge < -0.3 is 9.47 Å². The summed E-state index contributed by atoms with van der Waals surface area (Å²) in [6, 6.07) is 7.08. The quantitative estimate of drug-likeness (QED) is 0.345. The van der Waals surface area contributed by atoms with Gasteiger partial charge in [-0.3, -0.25) is 10.1 Å². The van der Waals surface area contributed by atoms with E-state index in [2.05, 4.69) is 36.6 Å². The van der Waals surface area contributed by atoms with Crippen LogP contribution in [0.5, 0.6) is 11.5 Å². The number of nitro groups is 1. The highest BCUT2D eigenvalue weighted by Gasteiger charge is 2.22. The van der Waals surface area contributed by atoms with Crippen LogP contribution in [0, 0.1) is 10.1 Å². The Labute approximate surface area is 152 Å². The number of rotatable bonds is 4. The Morgan fingerprint density at radius 1 is 1.22 bits per heavy atom. The first-order valence-corrected chi connectivity index (χ1v) is 7.99. The molecule has 0 bridgehead atoms. The number of benzene rings is 2. The molecular weight excluding hydrogens is 457 g/mol. The van der Waals surface area contributed by atoms with E-state index < -0.39 is 10.9 Å². The summed E-state index contributed by atoms with van der Waals surface area (Å²) in [6.45, 7) is 0. The average molecular weight is 465 g/mol. The third-order valence-electron chi connectivity index (χ3n) is 2.75. The number of carbonyl (C=O) groups is 1. The fourth-order valence-corrected chi connectivity index (χ4v) is 3.59. The molecule has 0 radical (unpaired) electrons. The second-order valence-corrected chi connectivity index (χ2v) is 6.37. The Hall–Kier alpha value is -1.64. The topological polar surface area (TPSA) is 78.7 Å². The summed E-state index contributed by atoms with van der Waals surface area (Å²) in [4.78, 5) is 22.0. The van der Waals surface area contributed by atoms with E-state index in [1.165, 1.54) is 18.2 Å². The number of carbonyl (C=O) groups excluding carboxylic acids is 1. The van der Waals surface area contributed by atoms with E-state index in [-0.39, 0.29) is 17.0 Å². The molecule has 0 fully saturated rings. The molecule has 0 atom stereocenters. The van der Waals surface area contributed by atoms with Crippen LogP contribution < -0.4 is 4.74 Å². The summed E-state index contributed by atoms with van der Waals surface area (Å²) >= 11 is 12.5. The molecule has 120 valence electrons. The number of nitrogens with zero attached hydrogens (tertiary/aromatic N) is 1. The molecule has 0 saturated heterocycles. The minimum atomic E-state index is -0.823. The molecule has 9 heteroatoms. The second kappa shape index (κ2) is 7.29. The summed E-state index contributed by atoms with van der Waals surface area (Å²) in [5.74, 6) is -0.171. The summed E-state index contributed by atoms with van der Waals surface area (Å²) < 4.78 is 11.4. The third kappa shape index (κ3) is 4.01. The highest BCUT2D eigenvalue weighted by Crippen LogP contribution is 2.39. The van der Waals surface area contributed by atoms with Crippen molar-refractivity contribution in [2.75, 3.05) is 7.11 Å². The number of hydrogen-bond donors (Lipinski definition) is 0. The van der Waals surface area contributed by atoms with E-state index in [4.69, 9.17) is 16.3 Å². The molecular formula is C14H8Br2ClNO5. The first kappa shape index (κ1) is 17.7. The van der Waals surface area contributed by atoms with Crippen LogP contribution in [-0.2, 0) is 4.74 Å². The summed E-state index contributed by atoms with van der Waals surface area (Å²) in [5, 5.41) is 11.5. The normalized spacial score (nSPS) is 10.3. The van der Waals surface area contributed by atoms with Gasteiger partial charge in [0.2, 0.25) is 0 Å². The van der Waals surface area contributed by atoms with Gasteiger partial charge in [0.15, 0.2) is 5.75 Å². The zero-order valence-electron chi connectivity index (χ0n) is 11.5. The van der Waals surface area contributed by atoms with Gasteiger partial charge in [0.25, 0.3) is 5.69 Å². The lowest BCUT2D eigenvalue weighted by molar-refractivity contribution is -0.385. The van der Waals surface area contributed by atoms with Crippen molar-refractivity contribution < 1.29 is 19.2 Å². The number of ether oxygens (including phenoxy) is 2. The van der Waals surface area contributed by atoms with Crippen LogP contribution in [0.4, 0.5) is 5.69 Å². The summed E-state index contributed by atoms with van der Waals surface area (Å²) in [6.07, 6.45) is 0. The van der Waals surface area contributed by atoms with Crippen molar-refractivity contribution in [2.45, 2.75) is 0 Å². The van der Waals surface area contributed by atoms with Crippen LogP contribution >= 0.6 is 43.5 Å². The fraction of sp³-hybridized carbons (Fsp3) is 0.0714. The van der Waals surface area contributed by atoms with Crippen molar-refractivity contribution >= 4 is 55.1 Å². The van der Waals surface area contributed by atoms with Crippen LogP contribution in [0.2, 0.25) is 5.02 Å². The first-order chi connectivity index (χ1) is 10.8. The van der Waals surface area contributed by atoms with Crippen molar-refractivity contribution in [3.8, 4) is 11.5 Å². The van der Waals surface area contributed by atoms with Gasteiger partial charge in [-0.25, -0.2) is 4.79 Å². The molecule has 0 aliphatic heterocycles. The average Bonchev–Trinajstić information content (AvgIpc) is 2.49. The van der Waals surface area contributed by atoms with E-state index in [0.29, 0.717) is 19.7 Å². The van der Waals surface area contributed by atoms with Gasteiger partial charge >= 0.3 is 5.97 Å². The number of methoxy groups -OCH3 is 1. The van der Waals surface area contributed by atoms with Crippen molar-refractivity contribution in [3.05, 3.63) is 60.0 Å². The van der Waals surface area contributed by atoms with E-state index in [1.54, 1.807) is 12.1 Å². The molecule has 0 saturated carbocycles. The molecule has 0 aliphatic rings. The van der Waals surface area contributed by atoms with E-state index in [9.17, 15) is 14.9 Å². The maximum absolute atomic E-state index is 11.7. The Bertz CT molecular complexity index is 774. The van der Waals surface area contributed by atoms with E-state index >= 15 is 0 Å². The van der Waals surface area contributed by atoms with Crippen molar-refractivity contribution in [1.82, 2.24) is 0 Å². The molecule has 0 aliphatic carbocycles. The van der Waals surface area contributed by atoms with Gasteiger partial charge in [-0.2, -0.15) is 0 Å². The maximum Gasteiger partial charge on any atom is 0.345 e. The molecule has 0 heterocycles. The Morgan fingerprint density at radius 2 is 1.83 bits per heavy atom. The minimum absolute atomic E-state index is 0.198. The molecule has 0 spiro atoms. The van der Waals surface area contributed by atoms with Crippen molar-refractivity contribution in [2.24, 2.45) is 0 Å². The van der Waals surface area contributed by atoms with Crippen LogP contribution in [0.3, 0.4) is 0 Å². The van der Waals surface area contributed by atoms with Crippen LogP contribution in [0.25, 0.3) is 0 Å². The maximum atomic E-state index is 11.7. The van der Waals surface area contributed by atoms with Crippen LogP contribution in [-0.4, -0.2) is 18.0 Å². The molecule has 0 amide bonds. The molecule has 6 nitrogen and oxygen atoms in total. The molecule has 0 N–H and O–H groups in total. The van der Waals surface area contributed by atoms with Crippen molar-refractivity contribution in [3.63, 3.8) is 0 Å². The summed E-state index contributed by atoms with van der Waals surface area (Å²) in [5.41, 5.74) is -0.561. The van der Waals surface area contributed by atoms with Gasteiger partial charge in [-0.1, -0.05) is 11.6 Å². The number of halogens is 3. The Balaban J connectivity index is 2.46. The Kier molecular flexibility index (Phi) is 5.61. The zero-order valence-corrected chi connectivity index (χ0v) is 15.4. The largest absolute Gasteiger partial charge is 0.465 e. The lowest BCUT2D eigenvalue weighted by Gasteiger charge is -2.11. The second-order valence-electron chi connectivity index (χ2n) is 4.23. The minimum Gasteiger partial charge on any atom is -0.465 e. The molecule has 2 aromatic rings. The predicted molar refractivity (Wildman–Crippen MR) is 91.4 cm³/mol. The standard InChI is InChI=1S/C14H8Br2ClNO5/c1-22-14(19)9-6-8(2-3-12(9)18(20)21)23-13-10(15)4-7(17)5-11(13)16/h2-6H,1H3. The highest BCUT2D eigenvalue weighted by molar-refractivity contribution is 9.11. The van der Waals surface area contributed by atoms with Gasteiger partial charge in [-0.15, -0.1) is 0 Å².